The van der Waals surface area contributed by atoms with Gasteiger partial charge in [0.05, 0.1) is 6.10 Å². The summed E-state index contributed by atoms with van der Waals surface area (Å²) in [7, 11) is 1.85. The van der Waals surface area contributed by atoms with E-state index >= 15 is 0 Å². The molecule has 2 aromatic carbocycles. The van der Waals surface area contributed by atoms with Gasteiger partial charge in [0.25, 0.3) is 0 Å². The van der Waals surface area contributed by atoms with Crippen molar-refractivity contribution in [3.8, 4) is 0 Å². The van der Waals surface area contributed by atoms with Gasteiger partial charge < -0.3 is 4.74 Å². The van der Waals surface area contributed by atoms with E-state index in [4.69, 9.17) is 4.74 Å². The minimum absolute atomic E-state index is 0.247. The summed E-state index contributed by atoms with van der Waals surface area (Å²) in [5, 5.41) is 0. The van der Waals surface area contributed by atoms with Crippen molar-refractivity contribution in [1.29, 1.82) is 0 Å². The van der Waals surface area contributed by atoms with E-state index in [2.05, 4.69) is 80.6 Å². The average molecular weight is 489 g/mol. The first kappa shape index (κ1) is 28.7. The van der Waals surface area contributed by atoms with Crippen molar-refractivity contribution in [2.75, 3.05) is 7.11 Å². The lowest BCUT2D eigenvalue weighted by Gasteiger charge is -2.29. The van der Waals surface area contributed by atoms with Gasteiger partial charge in [0.1, 0.15) is 0 Å². The van der Waals surface area contributed by atoms with Gasteiger partial charge in [-0.05, 0) is 79.9 Å². The van der Waals surface area contributed by atoms with Crippen LogP contribution in [0.2, 0.25) is 0 Å². The van der Waals surface area contributed by atoms with Gasteiger partial charge in [-0.25, -0.2) is 0 Å². The third-order valence-corrected chi connectivity index (χ3v) is 8.60. The maximum atomic E-state index is 5.78. The van der Waals surface area contributed by atoms with Crippen LogP contribution < -0.4 is 0 Å². The summed E-state index contributed by atoms with van der Waals surface area (Å²) in [6.07, 6.45) is 23.5. The first-order valence-corrected chi connectivity index (χ1v) is 14.9. The Balaban J connectivity index is 1.23. The molecule has 0 bridgehead atoms. The molecule has 1 aliphatic rings. The molecule has 0 aromatic heterocycles. The SMILES string of the molecule is C/C=C/CCc1ccc(CCCCC2CCC(CCC(C)CCC(OC)c3ccccc3)CC2)cc1. The zero-order valence-electron chi connectivity index (χ0n) is 23.5. The van der Waals surface area contributed by atoms with Gasteiger partial charge >= 0.3 is 0 Å². The van der Waals surface area contributed by atoms with Crippen LogP contribution in [0, 0.1) is 17.8 Å². The average Bonchev–Trinajstić information content (AvgIpc) is 2.92. The zero-order chi connectivity index (χ0) is 25.4. The molecule has 1 nitrogen and oxygen atoms in total. The van der Waals surface area contributed by atoms with Crippen molar-refractivity contribution in [3.05, 3.63) is 83.4 Å². The van der Waals surface area contributed by atoms with E-state index in [1.807, 2.05) is 7.11 Å². The Kier molecular flexibility index (Phi) is 13.4. The highest BCUT2D eigenvalue weighted by atomic mass is 16.5. The predicted molar refractivity (Wildman–Crippen MR) is 156 cm³/mol. The molecule has 3 rings (SSSR count). The second-order valence-electron chi connectivity index (χ2n) is 11.5. The van der Waals surface area contributed by atoms with Crippen LogP contribution in [0.4, 0.5) is 0 Å². The van der Waals surface area contributed by atoms with Gasteiger partial charge in [0.2, 0.25) is 0 Å². The van der Waals surface area contributed by atoms with Crippen molar-refractivity contribution in [3.63, 3.8) is 0 Å². The predicted octanol–water partition coefficient (Wildman–Crippen LogP) is 10.3. The van der Waals surface area contributed by atoms with E-state index in [0.29, 0.717) is 0 Å². The number of ether oxygens (including phenoxy) is 1. The fourth-order valence-electron chi connectivity index (χ4n) is 6.05. The Morgan fingerprint density at radius 3 is 2.06 bits per heavy atom. The number of aryl methyl sites for hydroxylation is 2. The lowest BCUT2D eigenvalue weighted by atomic mass is 9.77. The number of rotatable bonds is 16. The summed E-state index contributed by atoms with van der Waals surface area (Å²) < 4.78 is 5.78. The molecule has 0 N–H and O–H groups in total. The number of unbranched alkanes of at least 4 members (excludes halogenated alkanes) is 1. The maximum absolute atomic E-state index is 5.78. The highest BCUT2D eigenvalue weighted by molar-refractivity contribution is 5.23. The molecule has 0 heterocycles. The fourth-order valence-corrected chi connectivity index (χ4v) is 6.05. The molecule has 198 valence electrons. The molecular weight excluding hydrogens is 436 g/mol. The number of benzene rings is 2. The van der Waals surface area contributed by atoms with E-state index in [-0.39, 0.29) is 6.10 Å². The van der Waals surface area contributed by atoms with Crippen LogP contribution in [0.3, 0.4) is 0 Å². The number of hydrogen-bond donors (Lipinski definition) is 0. The van der Waals surface area contributed by atoms with E-state index in [1.165, 1.54) is 87.3 Å². The molecule has 0 aliphatic heterocycles. The quantitative estimate of drug-likeness (QED) is 0.169. The smallest absolute Gasteiger partial charge is 0.0821 e. The highest BCUT2D eigenvalue weighted by Crippen LogP contribution is 2.35. The summed E-state index contributed by atoms with van der Waals surface area (Å²) >= 11 is 0. The molecule has 0 saturated heterocycles. The summed E-state index contributed by atoms with van der Waals surface area (Å²) in [4.78, 5) is 0. The molecular formula is C35H52O. The molecule has 1 saturated carbocycles. The van der Waals surface area contributed by atoms with Crippen molar-refractivity contribution in [1.82, 2.24) is 0 Å². The topological polar surface area (TPSA) is 9.23 Å². The van der Waals surface area contributed by atoms with Crippen LogP contribution in [-0.2, 0) is 17.6 Å². The molecule has 0 amide bonds. The Morgan fingerprint density at radius 1 is 0.778 bits per heavy atom. The van der Waals surface area contributed by atoms with E-state index < -0.39 is 0 Å². The number of methoxy groups -OCH3 is 1. The van der Waals surface area contributed by atoms with E-state index in [9.17, 15) is 0 Å². The molecule has 2 aromatic rings. The van der Waals surface area contributed by atoms with Gasteiger partial charge in [-0.3, -0.25) is 0 Å². The van der Waals surface area contributed by atoms with Crippen molar-refractivity contribution < 1.29 is 4.74 Å². The molecule has 0 spiro atoms. The lowest BCUT2D eigenvalue weighted by Crippen LogP contribution is -2.15. The van der Waals surface area contributed by atoms with Crippen LogP contribution in [0.1, 0.15) is 114 Å². The van der Waals surface area contributed by atoms with Crippen molar-refractivity contribution in [2.24, 2.45) is 17.8 Å². The minimum Gasteiger partial charge on any atom is -0.377 e. The molecule has 2 atom stereocenters. The van der Waals surface area contributed by atoms with Crippen LogP contribution in [-0.4, -0.2) is 7.11 Å². The molecule has 0 radical (unpaired) electrons. The Labute approximate surface area is 222 Å². The van der Waals surface area contributed by atoms with E-state index in [1.54, 1.807) is 0 Å². The third kappa shape index (κ3) is 10.6. The Bertz CT molecular complexity index is 829. The standard InChI is InChI=1S/C35H52O/c1-4-5-7-12-30-20-22-31(23-21-30)13-10-11-14-32-24-26-33(27-25-32)19-17-29(2)18-28-35(36-3)34-15-8-6-9-16-34/h4-6,8-9,15-16,20-23,29,32-33,35H,7,10-14,17-19,24-28H2,1-3H3/b5-4+. The molecule has 1 aliphatic carbocycles. The monoisotopic (exact) mass is 488 g/mol. The lowest BCUT2D eigenvalue weighted by molar-refractivity contribution is 0.0889. The van der Waals surface area contributed by atoms with Crippen LogP contribution >= 0.6 is 0 Å². The maximum Gasteiger partial charge on any atom is 0.0821 e. The summed E-state index contributed by atoms with van der Waals surface area (Å²) in [5.74, 6) is 2.76. The van der Waals surface area contributed by atoms with Gasteiger partial charge in [-0.2, -0.15) is 0 Å². The third-order valence-electron chi connectivity index (χ3n) is 8.60. The van der Waals surface area contributed by atoms with Crippen molar-refractivity contribution >= 4 is 0 Å². The fraction of sp³-hybridized carbons (Fsp3) is 0.600. The zero-order valence-corrected chi connectivity index (χ0v) is 23.5. The second kappa shape index (κ2) is 16.8. The Hall–Kier alpha value is -1.86. The number of hydrogen-bond acceptors (Lipinski definition) is 1. The van der Waals surface area contributed by atoms with Gasteiger partial charge in [0.15, 0.2) is 0 Å². The molecule has 36 heavy (non-hydrogen) atoms. The first-order valence-electron chi connectivity index (χ1n) is 14.9. The summed E-state index contributed by atoms with van der Waals surface area (Å²) in [6.45, 7) is 4.55. The molecule has 2 unspecified atom stereocenters. The van der Waals surface area contributed by atoms with Crippen LogP contribution in [0.5, 0.6) is 0 Å². The molecule has 1 fully saturated rings. The largest absolute Gasteiger partial charge is 0.377 e. The van der Waals surface area contributed by atoms with Crippen LogP contribution in [0.15, 0.2) is 66.7 Å². The molecule has 1 heteroatoms. The van der Waals surface area contributed by atoms with Crippen molar-refractivity contribution in [2.45, 2.75) is 110 Å². The van der Waals surface area contributed by atoms with Gasteiger partial charge in [0, 0.05) is 7.11 Å². The summed E-state index contributed by atoms with van der Waals surface area (Å²) in [6, 6.07) is 20.1. The van der Waals surface area contributed by atoms with E-state index in [0.717, 1.165) is 37.0 Å². The van der Waals surface area contributed by atoms with Gasteiger partial charge in [-0.1, -0.05) is 125 Å². The Morgan fingerprint density at radius 2 is 1.42 bits per heavy atom. The summed E-state index contributed by atoms with van der Waals surface area (Å²) in [5.41, 5.74) is 4.30. The second-order valence-corrected chi connectivity index (χ2v) is 11.5. The number of allylic oxidation sites excluding steroid dienone is 2. The first-order chi connectivity index (χ1) is 17.7. The van der Waals surface area contributed by atoms with Crippen LogP contribution in [0.25, 0.3) is 0 Å². The van der Waals surface area contributed by atoms with Gasteiger partial charge in [-0.15, -0.1) is 0 Å². The highest BCUT2D eigenvalue weighted by Gasteiger charge is 2.21. The normalized spacial score (nSPS) is 20.0. The minimum atomic E-state index is 0.247.